The lowest BCUT2D eigenvalue weighted by atomic mass is 10.1. The molecule has 1 fully saturated rings. The number of aliphatic hydroxyl groups excluding tert-OH is 1. The highest BCUT2D eigenvalue weighted by molar-refractivity contribution is 5.64. The fraction of sp³-hybridized carbons (Fsp3) is 0.571. The van der Waals surface area contributed by atoms with Crippen LogP contribution in [-0.4, -0.2) is 29.3 Å². The molecule has 1 saturated carbocycles. The van der Waals surface area contributed by atoms with E-state index < -0.39 is 11.0 Å². The molecule has 2 atom stereocenters. The van der Waals surface area contributed by atoms with E-state index in [4.69, 9.17) is 4.74 Å². The highest BCUT2D eigenvalue weighted by atomic mass is 16.6. The minimum absolute atomic E-state index is 0.0270. The second-order valence-electron chi connectivity index (χ2n) is 5.10. The van der Waals surface area contributed by atoms with E-state index in [1.165, 1.54) is 13.2 Å². The van der Waals surface area contributed by atoms with Crippen LogP contribution in [0.25, 0.3) is 0 Å². The van der Waals surface area contributed by atoms with Gasteiger partial charge in [0.2, 0.25) is 0 Å². The van der Waals surface area contributed by atoms with Crippen LogP contribution in [0.5, 0.6) is 5.75 Å². The molecule has 2 unspecified atom stereocenters. The summed E-state index contributed by atoms with van der Waals surface area (Å²) in [7, 11) is 1.47. The number of aliphatic hydroxyl groups is 1. The Morgan fingerprint density at radius 1 is 1.35 bits per heavy atom. The van der Waals surface area contributed by atoms with Gasteiger partial charge >= 0.3 is 0 Å². The first-order valence-corrected chi connectivity index (χ1v) is 6.89. The SMILES string of the molecule is COc1ccc(NC2CCCCCC2O)c([N+](=O)[O-])c1. The Balaban J connectivity index is 2.21. The van der Waals surface area contributed by atoms with Crippen LogP contribution in [0.15, 0.2) is 18.2 Å². The summed E-state index contributed by atoms with van der Waals surface area (Å²) >= 11 is 0. The monoisotopic (exact) mass is 280 g/mol. The van der Waals surface area contributed by atoms with Gasteiger partial charge in [0.15, 0.2) is 0 Å². The fourth-order valence-corrected chi connectivity index (χ4v) is 2.57. The predicted octanol–water partition coefficient (Wildman–Crippen LogP) is 2.71. The van der Waals surface area contributed by atoms with Crippen molar-refractivity contribution in [2.24, 2.45) is 0 Å². The first kappa shape index (κ1) is 14.6. The van der Waals surface area contributed by atoms with E-state index >= 15 is 0 Å². The molecule has 2 N–H and O–H groups in total. The number of nitrogens with one attached hydrogen (secondary N) is 1. The van der Waals surface area contributed by atoms with Crippen LogP contribution in [0, 0.1) is 10.1 Å². The van der Waals surface area contributed by atoms with Gasteiger partial charge in [0.25, 0.3) is 5.69 Å². The topological polar surface area (TPSA) is 84.6 Å². The van der Waals surface area contributed by atoms with Crippen LogP contribution >= 0.6 is 0 Å². The number of hydrogen-bond donors (Lipinski definition) is 2. The molecule has 0 saturated heterocycles. The van der Waals surface area contributed by atoms with E-state index in [1.807, 2.05) is 0 Å². The highest BCUT2D eigenvalue weighted by Crippen LogP contribution is 2.31. The summed E-state index contributed by atoms with van der Waals surface area (Å²) < 4.78 is 5.01. The Morgan fingerprint density at radius 3 is 2.80 bits per heavy atom. The standard InChI is InChI=1S/C14H20N2O4/c1-20-10-7-8-11(13(9-10)16(18)19)15-12-5-3-2-4-6-14(12)17/h7-9,12,14-15,17H,2-6H2,1H3. The maximum absolute atomic E-state index is 11.1. The summed E-state index contributed by atoms with van der Waals surface area (Å²) in [6.45, 7) is 0. The van der Waals surface area contributed by atoms with Crippen LogP contribution in [0.3, 0.4) is 0 Å². The van der Waals surface area contributed by atoms with Crippen molar-refractivity contribution in [3.63, 3.8) is 0 Å². The summed E-state index contributed by atoms with van der Waals surface area (Å²) in [4.78, 5) is 10.7. The van der Waals surface area contributed by atoms with E-state index in [0.29, 0.717) is 11.4 Å². The van der Waals surface area contributed by atoms with Crippen LogP contribution in [0.1, 0.15) is 32.1 Å². The van der Waals surface area contributed by atoms with Crippen molar-refractivity contribution in [2.75, 3.05) is 12.4 Å². The van der Waals surface area contributed by atoms with Gasteiger partial charge < -0.3 is 15.2 Å². The van der Waals surface area contributed by atoms with Gasteiger partial charge in [0.1, 0.15) is 11.4 Å². The molecule has 0 radical (unpaired) electrons. The lowest BCUT2D eigenvalue weighted by molar-refractivity contribution is -0.384. The Hall–Kier alpha value is -1.82. The number of hydrogen-bond acceptors (Lipinski definition) is 5. The molecular weight excluding hydrogens is 260 g/mol. The largest absolute Gasteiger partial charge is 0.496 e. The van der Waals surface area contributed by atoms with E-state index in [1.54, 1.807) is 12.1 Å². The molecule has 0 aromatic heterocycles. The number of benzene rings is 1. The third-order valence-corrected chi connectivity index (χ3v) is 3.72. The van der Waals surface area contributed by atoms with Crippen LogP contribution in [-0.2, 0) is 0 Å². The second-order valence-corrected chi connectivity index (χ2v) is 5.10. The quantitative estimate of drug-likeness (QED) is 0.503. The number of ether oxygens (including phenoxy) is 1. The summed E-state index contributed by atoms with van der Waals surface area (Å²) in [5, 5.41) is 24.3. The van der Waals surface area contributed by atoms with Crippen molar-refractivity contribution < 1.29 is 14.8 Å². The van der Waals surface area contributed by atoms with Crippen LogP contribution in [0.4, 0.5) is 11.4 Å². The Morgan fingerprint density at radius 2 is 2.10 bits per heavy atom. The molecule has 1 aromatic rings. The number of rotatable bonds is 4. The third-order valence-electron chi connectivity index (χ3n) is 3.72. The van der Waals surface area contributed by atoms with E-state index in [0.717, 1.165) is 32.1 Å². The Bertz CT molecular complexity index is 478. The van der Waals surface area contributed by atoms with Gasteiger partial charge in [-0.25, -0.2) is 0 Å². The van der Waals surface area contributed by atoms with Crippen molar-refractivity contribution in [1.82, 2.24) is 0 Å². The van der Waals surface area contributed by atoms with Crippen molar-refractivity contribution in [3.05, 3.63) is 28.3 Å². The van der Waals surface area contributed by atoms with Gasteiger partial charge in [-0.05, 0) is 25.0 Å². The summed E-state index contributed by atoms with van der Waals surface area (Å²) in [5.41, 5.74) is 0.405. The van der Waals surface area contributed by atoms with Gasteiger partial charge in [0, 0.05) is 0 Å². The molecule has 1 aromatic carbocycles. The molecule has 0 amide bonds. The minimum Gasteiger partial charge on any atom is -0.496 e. The zero-order valence-electron chi connectivity index (χ0n) is 11.5. The molecule has 6 nitrogen and oxygen atoms in total. The molecule has 0 aliphatic heterocycles. The second kappa shape index (κ2) is 6.56. The van der Waals surface area contributed by atoms with E-state index in [2.05, 4.69) is 5.32 Å². The van der Waals surface area contributed by atoms with Gasteiger partial charge in [-0.15, -0.1) is 0 Å². The van der Waals surface area contributed by atoms with Gasteiger partial charge in [0.05, 0.1) is 30.2 Å². The highest BCUT2D eigenvalue weighted by Gasteiger charge is 2.24. The van der Waals surface area contributed by atoms with Crippen LogP contribution < -0.4 is 10.1 Å². The van der Waals surface area contributed by atoms with E-state index in [-0.39, 0.29) is 11.7 Å². The molecule has 20 heavy (non-hydrogen) atoms. The number of anilines is 1. The van der Waals surface area contributed by atoms with Crippen LogP contribution in [0.2, 0.25) is 0 Å². The zero-order chi connectivity index (χ0) is 14.5. The lowest BCUT2D eigenvalue weighted by Crippen LogP contribution is -2.32. The maximum atomic E-state index is 11.1. The molecule has 2 rings (SSSR count). The summed E-state index contributed by atoms with van der Waals surface area (Å²) in [6, 6.07) is 4.57. The third kappa shape index (κ3) is 3.39. The molecule has 6 heteroatoms. The van der Waals surface area contributed by atoms with Crippen molar-refractivity contribution in [2.45, 2.75) is 44.2 Å². The molecule has 110 valence electrons. The molecule has 1 aliphatic carbocycles. The van der Waals surface area contributed by atoms with Crippen molar-refractivity contribution >= 4 is 11.4 Å². The summed E-state index contributed by atoms with van der Waals surface area (Å²) in [5.74, 6) is 0.448. The summed E-state index contributed by atoms with van der Waals surface area (Å²) in [6.07, 6.45) is 4.23. The van der Waals surface area contributed by atoms with Gasteiger partial charge in [-0.3, -0.25) is 10.1 Å². The minimum atomic E-state index is -0.459. The lowest BCUT2D eigenvalue weighted by Gasteiger charge is -2.22. The van der Waals surface area contributed by atoms with Crippen molar-refractivity contribution in [1.29, 1.82) is 0 Å². The fourth-order valence-electron chi connectivity index (χ4n) is 2.57. The van der Waals surface area contributed by atoms with E-state index in [9.17, 15) is 15.2 Å². The number of nitrogens with zero attached hydrogens (tertiary/aromatic N) is 1. The predicted molar refractivity (Wildman–Crippen MR) is 76.2 cm³/mol. The molecular formula is C14H20N2O4. The first-order valence-electron chi connectivity index (χ1n) is 6.89. The Labute approximate surface area is 117 Å². The number of methoxy groups -OCH3 is 1. The number of nitro benzene ring substituents is 1. The molecule has 0 spiro atoms. The zero-order valence-corrected chi connectivity index (χ0v) is 11.5. The maximum Gasteiger partial charge on any atom is 0.296 e. The molecule has 0 bridgehead atoms. The smallest absolute Gasteiger partial charge is 0.296 e. The molecule has 1 aliphatic rings. The van der Waals surface area contributed by atoms with Gasteiger partial charge in [-0.1, -0.05) is 19.3 Å². The first-order chi connectivity index (χ1) is 9.61. The van der Waals surface area contributed by atoms with Gasteiger partial charge in [-0.2, -0.15) is 0 Å². The number of nitro groups is 1. The Kier molecular flexibility index (Phi) is 4.79. The average molecular weight is 280 g/mol. The average Bonchev–Trinajstić information content (AvgIpc) is 2.64. The van der Waals surface area contributed by atoms with Crippen molar-refractivity contribution in [3.8, 4) is 5.75 Å². The normalized spacial score (nSPS) is 22.9. The molecule has 0 heterocycles.